The van der Waals surface area contributed by atoms with Gasteiger partial charge < -0.3 is 4.90 Å². The van der Waals surface area contributed by atoms with Crippen molar-refractivity contribution in [1.82, 2.24) is 9.55 Å². The lowest BCUT2D eigenvalue weighted by Gasteiger charge is -2.34. The van der Waals surface area contributed by atoms with Crippen LogP contribution in [0.15, 0.2) is 29.1 Å². The molecule has 1 atom stereocenters. The van der Waals surface area contributed by atoms with E-state index in [1.807, 2.05) is 6.92 Å². The fraction of sp³-hybridized carbons (Fsp3) is 0.500. The van der Waals surface area contributed by atoms with Crippen LogP contribution in [0.3, 0.4) is 0 Å². The second-order valence-corrected chi connectivity index (χ2v) is 8.35. The molecule has 0 radical (unpaired) electrons. The average molecular weight is 392 g/mol. The van der Waals surface area contributed by atoms with Gasteiger partial charge >= 0.3 is 0 Å². The van der Waals surface area contributed by atoms with Crippen molar-refractivity contribution in [2.45, 2.75) is 39.5 Å². The molecule has 0 bridgehead atoms. The lowest BCUT2D eigenvalue weighted by Crippen LogP contribution is -2.37. The molecular weight excluding hydrogens is 369 g/mol. The molecule has 1 aliphatic heterocycles. The quantitative estimate of drug-likeness (QED) is 0.749. The van der Waals surface area contributed by atoms with E-state index < -0.39 is 0 Å². The Bertz CT molecular complexity index is 900. The summed E-state index contributed by atoms with van der Waals surface area (Å²) in [6.45, 7) is 6.08. The van der Waals surface area contributed by atoms with E-state index in [1.165, 1.54) is 30.3 Å². The number of benzene rings is 1. The molecule has 1 aliphatic carbocycles. The molecule has 2 aliphatic rings. The Balaban J connectivity index is 1.61. The van der Waals surface area contributed by atoms with Crippen molar-refractivity contribution in [2.75, 3.05) is 18.0 Å². The fourth-order valence-electron chi connectivity index (χ4n) is 4.51. The van der Waals surface area contributed by atoms with Crippen LogP contribution in [-0.2, 0) is 0 Å². The van der Waals surface area contributed by atoms with E-state index in [0.717, 1.165) is 24.8 Å². The van der Waals surface area contributed by atoms with E-state index >= 15 is 0 Å². The van der Waals surface area contributed by atoms with Crippen molar-refractivity contribution in [3.05, 3.63) is 50.5 Å². The molecule has 2 heterocycles. The van der Waals surface area contributed by atoms with E-state index in [9.17, 15) is 4.79 Å². The zero-order valence-electron chi connectivity index (χ0n) is 15.1. The molecule has 138 valence electrons. The largest absolute Gasteiger partial charge is 0.356 e. The molecule has 1 saturated carbocycles. The van der Waals surface area contributed by atoms with Gasteiger partial charge in [-0.1, -0.05) is 42.6 Å². The van der Waals surface area contributed by atoms with Crippen LogP contribution in [0.4, 0.5) is 5.82 Å². The van der Waals surface area contributed by atoms with Crippen LogP contribution in [0.25, 0.3) is 5.69 Å². The van der Waals surface area contributed by atoms with Crippen molar-refractivity contribution in [2.24, 2.45) is 11.3 Å². The molecule has 1 spiro atoms. The first kappa shape index (κ1) is 17.9. The molecular formula is C20H23Cl2N3O. The molecule has 1 aromatic heterocycles. The molecule has 2 aromatic rings. The van der Waals surface area contributed by atoms with E-state index in [4.69, 9.17) is 28.2 Å². The van der Waals surface area contributed by atoms with E-state index in [1.54, 1.807) is 24.3 Å². The van der Waals surface area contributed by atoms with Crippen LogP contribution < -0.4 is 10.5 Å². The van der Waals surface area contributed by atoms with Gasteiger partial charge in [-0.15, -0.1) is 0 Å². The van der Waals surface area contributed by atoms with Crippen LogP contribution in [0.2, 0.25) is 10.0 Å². The average Bonchev–Trinajstić information content (AvgIpc) is 3.31. The Morgan fingerprint density at radius 2 is 2.00 bits per heavy atom. The molecule has 1 aromatic carbocycles. The lowest BCUT2D eigenvalue weighted by atomic mass is 9.90. The first-order valence-corrected chi connectivity index (χ1v) is 10.0. The van der Waals surface area contributed by atoms with Crippen LogP contribution in [0.5, 0.6) is 0 Å². The Morgan fingerprint density at radius 1 is 1.27 bits per heavy atom. The summed E-state index contributed by atoms with van der Waals surface area (Å²) in [5, 5.41) is 0.795. The second kappa shape index (κ2) is 6.58. The van der Waals surface area contributed by atoms with E-state index in [-0.39, 0.29) is 5.56 Å². The van der Waals surface area contributed by atoms with Gasteiger partial charge in [-0.05, 0) is 49.7 Å². The third-order valence-corrected chi connectivity index (χ3v) is 6.99. The Kier molecular flexibility index (Phi) is 4.52. The molecule has 4 nitrogen and oxygen atoms in total. The van der Waals surface area contributed by atoms with Gasteiger partial charge in [0.05, 0.1) is 15.7 Å². The molecule has 1 saturated heterocycles. The summed E-state index contributed by atoms with van der Waals surface area (Å²) < 4.78 is 1.52. The van der Waals surface area contributed by atoms with Gasteiger partial charge in [-0.3, -0.25) is 9.36 Å². The normalized spacial score (nSPS) is 21.2. The van der Waals surface area contributed by atoms with Gasteiger partial charge in [0.15, 0.2) is 0 Å². The molecule has 26 heavy (non-hydrogen) atoms. The van der Waals surface area contributed by atoms with Crippen LogP contribution in [0.1, 0.15) is 38.4 Å². The Hall–Kier alpha value is -1.52. The fourth-order valence-corrected chi connectivity index (χ4v) is 4.89. The minimum absolute atomic E-state index is 0.130. The maximum atomic E-state index is 12.8. The van der Waals surface area contributed by atoms with Crippen molar-refractivity contribution < 1.29 is 0 Å². The second-order valence-electron chi connectivity index (χ2n) is 7.57. The van der Waals surface area contributed by atoms with Gasteiger partial charge in [-0.25, -0.2) is 4.98 Å². The minimum Gasteiger partial charge on any atom is -0.356 e. The summed E-state index contributed by atoms with van der Waals surface area (Å²) in [7, 11) is 0. The van der Waals surface area contributed by atoms with Crippen molar-refractivity contribution >= 4 is 29.0 Å². The molecule has 2 fully saturated rings. The molecule has 0 amide bonds. The Labute approximate surface area is 163 Å². The smallest absolute Gasteiger partial charge is 0.260 e. The highest BCUT2D eigenvalue weighted by atomic mass is 35.5. The Morgan fingerprint density at radius 3 is 2.62 bits per heavy atom. The van der Waals surface area contributed by atoms with Crippen LogP contribution in [0, 0.1) is 18.3 Å². The number of piperidine rings is 1. The third kappa shape index (κ3) is 2.93. The van der Waals surface area contributed by atoms with Gasteiger partial charge in [0.2, 0.25) is 0 Å². The lowest BCUT2D eigenvalue weighted by molar-refractivity contribution is 0.345. The number of hydrogen-bond acceptors (Lipinski definition) is 3. The van der Waals surface area contributed by atoms with Gasteiger partial charge in [0.25, 0.3) is 5.56 Å². The van der Waals surface area contributed by atoms with Crippen molar-refractivity contribution in [1.29, 1.82) is 0 Å². The summed E-state index contributed by atoms with van der Waals surface area (Å²) in [5.41, 5.74) is 1.01. The number of aryl methyl sites for hydroxylation is 1. The van der Waals surface area contributed by atoms with Gasteiger partial charge in [0.1, 0.15) is 11.6 Å². The maximum absolute atomic E-state index is 12.8. The number of anilines is 1. The topological polar surface area (TPSA) is 38.1 Å². The van der Waals surface area contributed by atoms with E-state index in [0.29, 0.717) is 27.0 Å². The summed E-state index contributed by atoms with van der Waals surface area (Å²) in [5.74, 6) is 2.29. The molecule has 0 N–H and O–H groups in total. The minimum atomic E-state index is -0.130. The predicted molar refractivity (Wildman–Crippen MR) is 107 cm³/mol. The summed E-state index contributed by atoms with van der Waals surface area (Å²) in [6.07, 6.45) is 5.07. The molecule has 4 rings (SSSR count). The highest BCUT2D eigenvalue weighted by Crippen LogP contribution is 2.60. The monoisotopic (exact) mass is 391 g/mol. The highest BCUT2D eigenvalue weighted by Gasteiger charge is 2.53. The van der Waals surface area contributed by atoms with Crippen molar-refractivity contribution in [3.8, 4) is 5.69 Å². The summed E-state index contributed by atoms with van der Waals surface area (Å²) in [6, 6.07) is 6.90. The first-order chi connectivity index (χ1) is 12.4. The SMILES string of the molecule is CCC1CC12CCN(c1cc(=O)n(-c3cccc(Cl)c3Cl)c(C)n1)CC2. The maximum Gasteiger partial charge on any atom is 0.260 e. The van der Waals surface area contributed by atoms with E-state index in [2.05, 4.69) is 11.8 Å². The predicted octanol–water partition coefficient (Wildman–Crippen LogP) is 4.86. The number of nitrogens with zero attached hydrogens (tertiary/aromatic N) is 3. The number of aromatic nitrogens is 2. The highest BCUT2D eigenvalue weighted by molar-refractivity contribution is 6.43. The van der Waals surface area contributed by atoms with Gasteiger partial charge in [0, 0.05) is 19.2 Å². The summed E-state index contributed by atoms with van der Waals surface area (Å²) in [4.78, 5) is 19.7. The number of halogens is 2. The zero-order valence-corrected chi connectivity index (χ0v) is 16.6. The standard InChI is InChI=1S/C20H23Cl2N3O/c1-3-14-12-20(14)7-9-24(10-8-20)17-11-18(26)25(13(2)23-17)16-6-4-5-15(21)19(16)22/h4-6,11,14H,3,7-10,12H2,1-2H3. The van der Waals surface area contributed by atoms with Gasteiger partial charge in [-0.2, -0.15) is 0 Å². The first-order valence-electron chi connectivity index (χ1n) is 9.25. The molecule has 6 heteroatoms. The van der Waals surface area contributed by atoms with Crippen LogP contribution in [-0.4, -0.2) is 22.6 Å². The third-order valence-electron chi connectivity index (χ3n) is 6.18. The molecule has 1 unspecified atom stereocenters. The zero-order chi connectivity index (χ0) is 18.5. The number of hydrogen-bond donors (Lipinski definition) is 0. The number of rotatable bonds is 3. The van der Waals surface area contributed by atoms with Crippen molar-refractivity contribution in [3.63, 3.8) is 0 Å². The summed E-state index contributed by atoms with van der Waals surface area (Å²) >= 11 is 12.4. The van der Waals surface area contributed by atoms with Crippen LogP contribution >= 0.6 is 23.2 Å².